The summed E-state index contributed by atoms with van der Waals surface area (Å²) < 4.78 is 36.0. The zero-order valence-corrected chi connectivity index (χ0v) is 40.5. The molecule has 8 rings (SSSR count). The number of carbonyl (C=O) groups is 1. The van der Waals surface area contributed by atoms with Crippen LogP contribution in [0.3, 0.4) is 0 Å². The van der Waals surface area contributed by atoms with E-state index in [9.17, 15) is 76.3 Å². The molecule has 0 spiro atoms. The van der Waals surface area contributed by atoms with Crippen molar-refractivity contribution in [2.45, 2.75) is 210 Å². The Morgan fingerprint density at radius 3 is 1.90 bits per heavy atom. The second-order valence-electron chi connectivity index (χ2n) is 23.6. The Labute approximate surface area is 401 Å². The van der Waals surface area contributed by atoms with Gasteiger partial charge in [0.15, 0.2) is 25.0 Å². The van der Waals surface area contributed by atoms with Crippen molar-refractivity contribution in [3.63, 3.8) is 0 Å². The summed E-state index contributed by atoms with van der Waals surface area (Å²) in [5.74, 6) is -2.31. The maximum atomic E-state index is 13.0. The smallest absolute Gasteiger partial charge is 0.335 e. The lowest BCUT2D eigenvalue weighted by atomic mass is 9.33. The van der Waals surface area contributed by atoms with E-state index < -0.39 is 181 Å². The van der Waals surface area contributed by atoms with Gasteiger partial charge in [-0.15, -0.1) is 0 Å². The maximum Gasteiger partial charge on any atom is 0.335 e. The first kappa shape index (κ1) is 53.7. The van der Waals surface area contributed by atoms with Crippen LogP contribution in [0.4, 0.5) is 0 Å². The molecule has 3 aliphatic heterocycles. The molecule has 14 N–H and O–H groups in total. The molecule has 4 saturated carbocycles. The minimum absolute atomic E-state index is 0.000442. The molecule has 0 aromatic heterocycles. The van der Waals surface area contributed by atoms with Gasteiger partial charge in [-0.05, 0) is 91.3 Å². The summed E-state index contributed by atoms with van der Waals surface area (Å²) in [6.07, 6.45) is -25.9. The summed E-state index contributed by atoms with van der Waals surface area (Å²) in [6.45, 7) is 12.0. The highest BCUT2D eigenvalue weighted by molar-refractivity contribution is 5.73. The fourth-order valence-corrected chi connectivity index (χ4v) is 15.3. The third-order valence-electron chi connectivity index (χ3n) is 19.8. The number of aliphatic hydroxyl groups is 13. The number of aliphatic hydroxyl groups excluding tert-OH is 13. The van der Waals surface area contributed by atoms with Gasteiger partial charge in [-0.1, -0.05) is 53.2 Å². The molecule has 0 aromatic carbocycles. The molecule has 27 atom stereocenters. The number of fused-ring (bicyclic) bond motifs is 7. The van der Waals surface area contributed by atoms with Crippen molar-refractivity contribution >= 4 is 5.97 Å². The average molecular weight is 991 g/mol. The molecule has 8 aliphatic rings. The molecular formula is C48H78O21. The van der Waals surface area contributed by atoms with Crippen LogP contribution >= 0.6 is 0 Å². The van der Waals surface area contributed by atoms with Crippen LogP contribution in [0.5, 0.6) is 0 Å². The minimum atomic E-state index is -2.09. The summed E-state index contributed by atoms with van der Waals surface area (Å²) in [6, 6.07) is 0. The Bertz CT molecular complexity index is 1900. The molecule has 0 bridgehead atoms. The topological polar surface area (TPSA) is 356 Å². The quantitative estimate of drug-likeness (QED) is 0.0803. The van der Waals surface area contributed by atoms with Gasteiger partial charge < -0.3 is 99.9 Å². The Balaban J connectivity index is 1.10. The summed E-state index contributed by atoms with van der Waals surface area (Å²) in [4.78, 5) is 13.0. The van der Waals surface area contributed by atoms with E-state index in [-0.39, 0.29) is 24.7 Å². The van der Waals surface area contributed by atoms with Crippen LogP contribution in [0.1, 0.15) is 93.4 Å². The molecule has 21 heteroatoms. The third kappa shape index (κ3) is 7.94. The second-order valence-corrected chi connectivity index (χ2v) is 23.6. The van der Waals surface area contributed by atoms with E-state index in [1.807, 2.05) is 20.8 Å². The van der Waals surface area contributed by atoms with E-state index in [1.165, 1.54) is 6.92 Å². The Morgan fingerprint density at radius 2 is 1.29 bits per heavy atom. The molecule has 0 unspecified atom stereocenters. The predicted molar refractivity (Wildman–Crippen MR) is 235 cm³/mol. The molecule has 396 valence electrons. The van der Waals surface area contributed by atoms with Gasteiger partial charge in [0.2, 0.25) is 0 Å². The number of hydrogen-bond acceptors (Lipinski definition) is 20. The highest BCUT2D eigenvalue weighted by Gasteiger charge is 2.73. The lowest BCUT2D eigenvalue weighted by Gasteiger charge is -2.72. The molecule has 21 nitrogen and oxygen atoms in total. The number of ether oxygens (including phenoxy) is 6. The van der Waals surface area contributed by atoms with Gasteiger partial charge >= 0.3 is 5.97 Å². The van der Waals surface area contributed by atoms with Crippen LogP contribution in [0.2, 0.25) is 0 Å². The van der Waals surface area contributed by atoms with Crippen LogP contribution < -0.4 is 0 Å². The van der Waals surface area contributed by atoms with Crippen LogP contribution in [-0.4, -0.2) is 214 Å². The largest absolute Gasteiger partial charge is 0.479 e. The number of allylic oxidation sites excluding steroid dienone is 2. The summed E-state index contributed by atoms with van der Waals surface area (Å²) >= 11 is 0. The van der Waals surface area contributed by atoms with Crippen molar-refractivity contribution < 1.29 is 105 Å². The summed E-state index contributed by atoms with van der Waals surface area (Å²) in [5.41, 5.74) is -3.50. The number of rotatable bonds is 10. The van der Waals surface area contributed by atoms with Crippen LogP contribution in [0.15, 0.2) is 11.6 Å². The molecule has 0 radical (unpaired) electrons. The zero-order valence-electron chi connectivity index (χ0n) is 40.5. The van der Waals surface area contributed by atoms with E-state index in [2.05, 4.69) is 26.8 Å². The number of carboxylic acid groups (broad SMARTS) is 1. The Kier molecular flexibility index (Phi) is 14.5. The van der Waals surface area contributed by atoms with Gasteiger partial charge in [0, 0.05) is 5.41 Å². The third-order valence-corrected chi connectivity index (χ3v) is 19.8. The predicted octanol–water partition coefficient (Wildman–Crippen LogP) is -2.38. The van der Waals surface area contributed by atoms with E-state index >= 15 is 0 Å². The van der Waals surface area contributed by atoms with Crippen LogP contribution in [-0.2, 0) is 33.2 Å². The van der Waals surface area contributed by atoms with Gasteiger partial charge in [-0.25, -0.2) is 4.79 Å². The lowest BCUT2D eigenvalue weighted by molar-refractivity contribution is -0.390. The molecule has 3 saturated heterocycles. The zero-order chi connectivity index (χ0) is 50.9. The molecule has 3 heterocycles. The van der Waals surface area contributed by atoms with E-state index in [4.69, 9.17) is 28.4 Å². The van der Waals surface area contributed by atoms with Crippen LogP contribution in [0.25, 0.3) is 0 Å². The highest BCUT2D eigenvalue weighted by Crippen LogP contribution is 2.76. The van der Waals surface area contributed by atoms with Gasteiger partial charge in [-0.2, -0.15) is 0 Å². The van der Waals surface area contributed by atoms with E-state index in [0.717, 1.165) is 5.57 Å². The van der Waals surface area contributed by atoms with Gasteiger partial charge in [0.25, 0.3) is 0 Å². The molecule has 69 heavy (non-hydrogen) atoms. The first-order valence-corrected chi connectivity index (χ1v) is 24.6. The second kappa shape index (κ2) is 18.7. The first-order chi connectivity index (χ1) is 32.1. The van der Waals surface area contributed by atoms with Crippen molar-refractivity contribution in [3.05, 3.63) is 11.6 Å². The fraction of sp³-hybridized carbons (Fsp3) is 0.938. The van der Waals surface area contributed by atoms with E-state index in [1.54, 1.807) is 0 Å². The van der Waals surface area contributed by atoms with Crippen molar-refractivity contribution in [3.8, 4) is 0 Å². The monoisotopic (exact) mass is 991 g/mol. The number of aliphatic carboxylic acids is 1. The van der Waals surface area contributed by atoms with Crippen molar-refractivity contribution in [2.75, 3.05) is 19.8 Å². The van der Waals surface area contributed by atoms with Crippen LogP contribution in [0, 0.1) is 50.2 Å². The first-order valence-electron chi connectivity index (χ1n) is 24.6. The standard InChI is InChI=1S/C48H78O21/c1-19-27(53)29(55)31(57)40(64-19)68-35-33(59)34(67-41-32(58)30(56)28(54)22(16-49)65-41)36(39(62)63)69-42(35)66-26-11-12-44(4)23(45(26,5)17-50)10-13-46(6)24(44)9-8-20-21-14-43(2,3)37(60)38(61)48(21,18-51)25(52)15-47(20,46)7/h8,19,21-38,40-42,49-61H,9-18H2,1-7H3,(H,62,63)/t19-,21+,22-,23-,24-,25-,26+,27-,28-,29+,30+,31-,32-,33+,34+,35-,36+,37+,38+,40+,41+,42-,44+,45-,46-,47-,48+/m1/s1. The van der Waals surface area contributed by atoms with Gasteiger partial charge in [0.1, 0.15) is 61.0 Å². The average Bonchev–Trinajstić information content (AvgIpc) is 3.29. The van der Waals surface area contributed by atoms with E-state index in [0.29, 0.717) is 32.1 Å². The molecule has 5 aliphatic carbocycles. The molecule has 7 fully saturated rings. The Hall–Kier alpha value is -1.55. The van der Waals surface area contributed by atoms with Crippen molar-refractivity contribution in [1.82, 2.24) is 0 Å². The molecular weight excluding hydrogens is 913 g/mol. The summed E-state index contributed by atoms with van der Waals surface area (Å²) in [7, 11) is 0. The Morgan fingerprint density at radius 1 is 0.667 bits per heavy atom. The summed E-state index contributed by atoms with van der Waals surface area (Å²) in [5, 5.41) is 154. The number of carboxylic acids is 1. The SMILES string of the molecule is C[C@H]1O[C@@H](O[C@H]2[C@H](O[C@H]3CC[C@@]4(C)[C@@H](CC[C@]5(C)[C@@H]4CC=C4[C@@H]6CC(C)(C)[C@@H](O)[C@H](O)[C@]6(CO)[C@H](O)C[C@]45C)[C@@]3(C)CO)O[C@H](C(=O)O)[C@@H](O[C@@H]3O[C@H](CO)[C@@H](O)[C@H](O)[C@H]3O)[C@@H]2O)[C@H](O)[C@@H](O)[C@@H]1O. The minimum Gasteiger partial charge on any atom is -0.479 e. The number of hydrogen-bond donors (Lipinski definition) is 14. The van der Waals surface area contributed by atoms with Crippen molar-refractivity contribution in [1.29, 1.82) is 0 Å². The normalized spacial score (nSPS) is 56.2. The van der Waals surface area contributed by atoms with Gasteiger partial charge in [0.05, 0.1) is 55.8 Å². The molecule has 0 aromatic rings. The lowest BCUT2D eigenvalue weighted by Crippen LogP contribution is -2.72. The molecule has 0 amide bonds. The fourth-order valence-electron chi connectivity index (χ4n) is 15.3. The highest BCUT2D eigenvalue weighted by atomic mass is 16.8. The van der Waals surface area contributed by atoms with Crippen molar-refractivity contribution in [2.24, 2.45) is 50.2 Å². The van der Waals surface area contributed by atoms with Gasteiger partial charge in [-0.3, -0.25) is 0 Å². The maximum absolute atomic E-state index is 13.0.